The van der Waals surface area contributed by atoms with Crippen LogP contribution < -0.4 is 0 Å². The molecule has 1 aliphatic rings. The van der Waals surface area contributed by atoms with Crippen LogP contribution in [0.5, 0.6) is 0 Å². The van der Waals surface area contributed by atoms with Crippen molar-refractivity contribution in [2.75, 3.05) is 0 Å². The van der Waals surface area contributed by atoms with Crippen molar-refractivity contribution in [3.05, 3.63) is 65.2 Å². The van der Waals surface area contributed by atoms with Gasteiger partial charge in [0.1, 0.15) is 0 Å². The number of benzene rings is 2. The maximum Gasteiger partial charge on any atom is 0.0597 e. The second-order valence-corrected chi connectivity index (χ2v) is 8.78. The molecule has 2 aromatic carbocycles. The van der Waals surface area contributed by atoms with Crippen LogP contribution in [-0.4, -0.2) is 4.98 Å². The molecule has 1 radical (unpaired) electrons. The zero-order chi connectivity index (χ0) is 17.8. The van der Waals surface area contributed by atoms with E-state index in [4.69, 9.17) is 4.98 Å². The van der Waals surface area contributed by atoms with Crippen molar-refractivity contribution in [3.63, 3.8) is 0 Å². The Morgan fingerprint density at radius 3 is 2.35 bits per heavy atom. The van der Waals surface area contributed by atoms with E-state index >= 15 is 0 Å². The summed E-state index contributed by atoms with van der Waals surface area (Å²) in [5, 5.41) is 1.23. The van der Waals surface area contributed by atoms with Crippen molar-refractivity contribution in [1.29, 1.82) is 0 Å². The summed E-state index contributed by atoms with van der Waals surface area (Å²) in [5.41, 5.74) is 7.80. The van der Waals surface area contributed by atoms with E-state index < -0.39 is 0 Å². The number of aryl methyl sites for hydroxylation is 1. The van der Waals surface area contributed by atoms with Gasteiger partial charge in [0.05, 0.1) is 5.52 Å². The number of nitrogens with zero attached hydrogens (tertiary/aromatic N) is 1. The molecule has 0 saturated heterocycles. The van der Waals surface area contributed by atoms with Crippen LogP contribution in [0.25, 0.3) is 22.2 Å². The Bertz CT molecular complexity index is 969. The van der Waals surface area contributed by atoms with E-state index in [2.05, 4.69) is 83.1 Å². The fourth-order valence-electron chi connectivity index (χ4n) is 4.11. The Labute approximate surface area is 170 Å². The molecule has 137 valence electrons. The smallest absolute Gasteiger partial charge is 0.0597 e. The Morgan fingerprint density at radius 1 is 0.923 bits per heavy atom. The van der Waals surface area contributed by atoms with Crippen molar-refractivity contribution in [2.45, 2.75) is 58.3 Å². The third-order valence-electron chi connectivity index (χ3n) is 6.01. The summed E-state index contributed by atoms with van der Waals surface area (Å²) in [7, 11) is 0. The van der Waals surface area contributed by atoms with E-state index in [1.54, 1.807) is 0 Å². The van der Waals surface area contributed by atoms with E-state index in [1.807, 2.05) is 0 Å². The molecule has 0 saturated carbocycles. The number of aromatic nitrogens is 1. The molecule has 4 rings (SSSR count). The van der Waals surface area contributed by atoms with Crippen molar-refractivity contribution in [2.24, 2.45) is 0 Å². The summed E-state index contributed by atoms with van der Waals surface area (Å²) in [5.74, 6) is 0. The van der Waals surface area contributed by atoms with E-state index in [0.29, 0.717) is 0 Å². The molecular weight excluding hydrogens is 494 g/mol. The molecule has 1 heterocycles. The Kier molecular flexibility index (Phi) is 4.88. The van der Waals surface area contributed by atoms with Gasteiger partial charge in [0.25, 0.3) is 0 Å². The van der Waals surface area contributed by atoms with Crippen LogP contribution in [0.3, 0.4) is 0 Å². The summed E-state index contributed by atoms with van der Waals surface area (Å²) in [4.78, 5) is 4.91. The van der Waals surface area contributed by atoms with Gasteiger partial charge in [-0.2, -0.15) is 0 Å². The van der Waals surface area contributed by atoms with Crippen molar-refractivity contribution < 1.29 is 20.1 Å². The van der Waals surface area contributed by atoms with Crippen LogP contribution in [0, 0.1) is 13.0 Å². The van der Waals surface area contributed by atoms with E-state index in [1.165, 1.54) is 34.9 Å². The van der Waals surface area contributed by atoms with Crippen LogP contribution >= 0.6 is 0 Å². The first-order valence-corrected chi connectivity index (χ1v) is 9.21. The Hall–Kier alpha value is -1.50. The van der Waals surface area contributed by atoms with Crippen LogP contribution in [0.1, 0.15) is 57.2 Å². The Balaban J connectivity index is 0.00000196. The van der Waals surface area contributed by atoms with Crippen LogP contribution in [-0.2, 0) is 30.9 Å². The van der Waals surface area contributed by atoms with Crippen LogP contribution in [0.2, 0.25) is 0 Å². The molecule has 0 amide bonds. The standard InChI is InChI=1S/C24H26N.Ir/c1-16-7-6-8-22-18(16)10-12-21(25-22)17-9-11-19-20(15-17)24(4,5)14-13-23(19,2)3;/h6-8,10-12,15H,13-14H2,1-5H3;/q-1;. The fraction of sp³-hybridized carbons (Fsp3) is 0.375. The van der Waals surface area contributed by atoms with Gasteiger partial charge in [0.2, 0.25) is 0 Å². The predicted molar refractivity (Wildman–Crippen MR) is 106 cm³/mol. The largest absolute Gasteiger partial charge is 0.296 e. The molecular formula is C24H26IrN-. The maximum absolute atomic E-state index is 4.91. The van der Waals surface area contributed by atoms with E-state index in [-0.39, 0.29) is 30.9 Å². The first-order chi connectivity index (χ1) is 11.8. The van der Waals surface area contributed by atoms with Gasteiger partial charge in [0, 0.05) is 25.5 Å². The zero-order valence-electron chi connectivity index (χ0n) is 16.2. The average molecular weight is 521 g/mol. The third-order valence-corrected chi connectivity index (χ3v) is 6.01. The minimum atomic E-state index is 0. The maximum atomic E-state index is 4.91. The second-order valence-electron chi connectivity index (χ2n) is 8.78. The Morgan fingerprint density at radius 2 is 1.62 bits per heavy atom. The summed E-state index contributed by atoms with van der Waals surface area (Å²) < 4.78 is 0. The van der Waals surface area contributed by atoms with Gasteiger partial charge in [-0.1, -0.05) is 58.4 Å². The quantitative estimate of drug-likeness (QED) is 0.341. The molecule has 0 unspecified atom stereocenters. The number of fused-ring (bicyclic) bond motifs is 2. The molecule has 3 aromatic rings. The first-order valence-electron chi connectivity index (χ1n) is 9.21. The SMILES string of the molecule is Cc1cccc2nc(-c3[c-]cc4c(c3)C(C)(C)CCC4(C)C)ccc12.[Ir]. The monoisotopic (exact) mass is 521 g/mol. The van der Waals surface area contributed by atoms with Gasteiger partial charge in [-0.25, -0.2) is 0 Å². The normalized spacial score (nSPS) is 17.4. The van der Waals surface area contributed by atoms with Gasteiger partial charge in [-0.05, 0) is 41.5 Å². The molecule has 0 aliphatic heterocycles. The van der Waals surface area contributed by atoms with Gasteiger partial charge in [0.15, 0.2) is 0 Å². The summed E-state index contributed by atoms with van der Waals surface area (Å²) in [6, 6.07) is 18.7. The first kappa shape index (κ1) is 19.3. The number of rotatable bonds is 1. The van der Waals surface area contributed by atoms with Crippen molar-refractivity contribution >= 4 is 10.9 Å². The van der Waals surface area contributed by atoms with Crippen LogP contribution in [0.4, 0.5) is 0 Å². The van der Waals surface area contributed by atoms with Crippen molar-refractivity contribution in [1.82, 2.24) is 4.98 Å². The average Bonchev–Trinajstić information content (AvgIpc) is 2.59. The number of hydrogen-bond acceptors (Lipinski definition) is 1. The predicted octanol–water partition coefficient (Wildman–Crippen LogP) is 6.36. The van der Waals surface area contributed by atoms with Crippen molar-refractivity contribution in [3.8, 4) is 11.3 Å². The molecule has 0 atom stereocenters. The molecule has 26 heavy (non-hydrogen) atoms. The fourth-order valence-corrected chi connectivity index (χ4v) is 4.11. The summed E-state index contributed by atoms with van der Waals surface area (Å²) >= 11 is 0. The molecule has 0 spiro atoms. The van der Waals surface area contributed by atoms with Gasteiger partial charge < -0.3 is 0 Å². The minimum Gasteiger partial charge on any atom is -0.296 e. The topological polar surface area (TPSA) is 12.9 Å². The number of hydrogen-bond donors (Lipinski definition) is 0. The summed E-state index contributed by atoms with van der Waals surface area (Å²) in [6.45, 7) is 11.6. The van der Waals surface area contributed by atoms with Gasteiger partial charge >= 0.3 is 0 Å². The molecule has 1 nitrogen and oxygen atoms in total. The van der Waals surface area contributed by atoms with E-state index in [9.17, 15) is 0 Å². The number of pyridine rings is 1. The minimum absolute atomic E-state index is 0. The molecule has 1 aromatic heterocycles. The molecule has 0 N–H and O–H groups in total. The van der Waals surface area contributed by atoms with Gasteiger partial charge in [-0.15, -0.1) is 34.9 Å². The molecule has 0 bridgehead atoms. The van der Waals surface area contributed by atoms with E-state index in [0.717, 1.165) is 16.8 Å². The molecule has 1 aliphatic carbocycles. The third kappa shape index (κ3) is 3.15. The molecule has 2 heteroatoms. The van der Waals surface area contributed by atoms with Crippen LogP contribution in [0.15, 0.2) is 42.5 Å². The zero-order valence-corrected chi connectivity index (χ0v) is 18.6. The summed E-state index contributed by atoms with van der Waals surface area (Å²) in [6.07, 6.45) is 2.45. The molecule has 0 fully saturated rings. The van der Waals surface area contributed by atoms with Gasteiger partial charge in [-0.3, -0.25) is 4.98 Å². The second kappa shape index (κ2) is 6.59.